The van der Waals surface area contributed by atoms with Crippen molar-refractivity contribution in [2.75, 3.05) is 5.75 Å². The summed E-state index contributed by atoms with van der Waals surface area (Å²) in [5.41, 5.74) is 2.33. The van der Waals surface area contributed by atoms with Crippen LogP contribution in [0.4, 0.5) is 0 Å². The van der Waals surface area contributed by atoms with Gasteiger partial charge in [0.25, 0.3) is 0 Å². The van der Waals surface area contributed by atoms with Gasteiger partial charge in [0.2, 0.25) is 0 Å². The van der Waals surface area contributed by atoms with Crippen molar-refractivity contribution in [3.05, 3.63) is 42.0 Å². The van der Waals surface area contributed by atoms with Crippen molar-refractivity contribution in [3.8, 4) is 0 Å². The number of thiol groups is 2. The topological polar surface area (TPSA) is 0 Å². The molecule has 0 aromatic heterocycles. The lowest BCUT2D eigenvalue weighted by Crippen LogP contribution is -1.91. The van der Waals surface area contributed by atoms with Crippen LogP contribution in [-0.2, 0) is 0 Å². The van der Waals surface area contributed by atoms with E-state index in [4.69, 9.17) is 0 Å². The zero-order chi connectivity index (χ0) is 8.97. The first-order valence-electron chi connectivity index (χ1n) is 3.79. The van der Waals surface area contributed by atoms with E-state index in [0.717, 1.165) is 11.3 Å². The normalized spacial score (nSPS) is 12.5. The lowest BCUT2D eigenvalue weighted by Gasteiger charge is -2.07. The van der Waals surface area contributed by atoms with Gasteiger partial charge in [0.05, 0.1) is 0 Å². The van der Waals surface area contributed by atoms with E-state index < -0.39 is 0 Å². The van der Waals surface area contributed by atoms with Gasteiger partial charge in [0.1, 0.15) is 0 Å². The largest absolute Gasteiger partial charge is 0.178 e. The Morgan fingerprint density at radius 2 is 2.25 bits per heavy atom. The Kier molecular flexibility index (Phi) is 3.76. The van der Waals surface area contributed by atoms with Gasteiger partial charge < -0.3 is 0 Å². The molecule has 1 aromatic rings. The lowest BCUT2D eigenvalue weighted by atomic mass is 10.1. The van der Waals surface area contributed by atoms with Gasteiger partial charge in [-0.2, -0.15) is 25.3 Å². The van der Waals surface area contributed by atoms with Crippen molar-refractivity contribution >= 4 is 31.3 Å². The molecule has 0 nitrogen and oxygen atoms in total. The maximum atomic E-state index is 4.39. The molecule has 0 aliphatic heterocycles. The monoisotopic (exact) mass is 196 g/mol. The highest BCUT2D eigenvalue weighted by Gasteiger charge is 2.02. The second-order valence-electron chi connectivity index (χ2n) is 2.57. The summed E-state index contributed by atoms with van der Waals surface area (Å²) < 4.78 is 0. The molecule has 2 heteroatoms. The number of benzene rings is 1. The summed E-state index contributed by atoms with van der Waals surface area (Å²) in [6, 6.07) is 8.18. The van der Waals surface area contributed by atoms with Gasteiger partial charge in [-0.25, -0.2) is 0 Å². The van der Waals surface area contributed by atoms with E-state index in [-0.39, 0.29) is 5.25 Å². The van der Waals surface area contributed by atoms with Crippen LogP contribution >= 0.6 is 25.3 Å². The fraction of sp³-hybridized carbons (Fsp3) is 0.200. The molecule has 1 unspecified atom stereocenters. The molecule has 0 bridgehead atoms. The third-order valence-electron chi connectivity index (χ3n) is 1.70. The molecule has 1 aromatic carbocycles. The van der Waals surface area contributed by atoms with E-state index in [9.17, 15) is 0 Å². The first-order valence-corrected chi connectivity index (χ1v) is 4.94. The Balaban J connectivity index is 2.93. The molecule has 0 radical (unpaired) electrons. The molecule has 0 spiro atoms. The minimum absolute atomic E-state index is 0.216. The van der Waals surface area contributed by atoms with Crippen LogP contribution in [0, 0.1) is 0 Å². The molecular weight excluding hydrogens is 184 g/mol. The van der Waals surface area contributed by atoms with Crippen LogP contribution in [0.25, 0.3) is 6.08 Å². The van der Waals surface area contributed by atoms with Crippen LogP contribution in [0.3, 0.4) is 0 Å². The van der Waals surface area contributed by atoms with Gasteiger partial charge >= 0.3 is 0 Å². The number of hydrogen-bond acceptors (Lipinski definition) is 2. The highest BCUT2D eigenvalue weighted by atomic mass is 32.1. The van der Waals surface area contributed by atoms with Crippen LogP contribution in [0.5, 0.6) is 0 Å². The minimum atomic E-state index is 0.216. The molecule has 0 amide bonds. The Hall–Kier alpha value is -0.340. The lowest BCUT2D eigenvalue weighted by molar-refractivity contribution is 1.13. The molecule has 64 valence electrons. The van der Waals surface area contributed by atoms with E-state index >= 15 is 0 Å². The third kappa shape index (κ3) is 2.32. The van der Waals surface area contributed by atoms with E-state index in [0.29, 0.717) is 0 Å². The Morgan fingerprint density at radius 3 is 2.83 bits per heavy atom. The second-order valence-corrected chi connectivity index (χ2v) is 3.56. The molecule has 1 rings (SSSR count). The highest BCUT2D eigenvalue weighted by molar-refractivity contribution is 7.84. The third-order valence-corrected chi connectivity index (χ3v) is 2.84. The molecule has 0 fully saturated rings. The van der Waals surface area contributed by atoms with Crippen molar-refractivity contribution in [2.45, 2.75) is 5.25 Å². The average Bonchev–Trinajstić information content (AvgIpc) is 2.17. The number of rotatable bonds is 3. The molecule has 0 N–H and O–H groups in total. The average molecular weight is 196 g/mol. The van der Waals surface area contributed by atoms with Gasteiger partial charge in [0, 0.05) is 11.0 Å². The summed E-state index contributed by atoms with van der Waals surface area (Å²) in [5, 5.41) is 0.216. The molecule has 0 saturated carbocycles. The molecule has 1 atom stereocenters. The van der Waals surface area contributed by atoms with Crippen LogP contribution in [0.1, 0.15) is 16.4 Å². The fourth-order valence-corrected chi connectivity index (χ4v) is 1.37. The Morgan fingerprint density at radius 1 is 1.50 bits per heavy atom. The molecular formula is C10H12S2. The van der Waals surface area contributed by atoms with Crippen molar-refractivity contribution in [1.82, 2.24) is 0 Å². The SMILES string of the molecule is C=Cc1cccc(C(S)CS)c1. The van der Waals surface area contributed by atoms with Crippen LogP contribution in [0.2, 0.25) is 0 Å². The Bertz CT molecular complexity index is 268. The van der Waals surface area contributed by atoms with Crippen molar-refractivity contribution in [1.29, 1.82) is 0 Å². The van der Waals surface area contributed by atoms with E-state index in [1.54, 1.807) is 0 Å². The maximum Gasteiger partial charge on any atom is 0.0355 e. The quantitative estimate of drug-likeness (QED) is 0.681. The first kappa shape index (κ1) is 9.75. The summed E-state index contributed by atoms with van der Waals surface area (Å²) in [6.07, 6.45) is 1.84. The highest BCUT2D eigenvalue weighted by Crippen LogP contribution is 2.21. The molecule has 0 aliphatic carbocycles. The van der Waals surface area contributed by atoms with Crippen LogP contribution in [-0.4, -0.2) is 5.75 Å². The summed E-state index contributed by atoms with van der Waals surface area (Å²) in [5.74, 6) is 0.754. The van der Waals surface area contributed by atoms with Crippen molar-refractivity contribution in [2.24, 2.45) is 0 Å². The van der Waals surface area contributed by atoms with Crippen molar-refractivity contribution < 1.29 is 0 Å². The van der Waals surface area contributed by atoms with Crippen LogP contribution in [0.15, 0.2) is 30.8 Å². The predicted octanol–water partition coefficient (Wildman–Crippen LogP) is 3.23. The van der Waals surface area contributed by atoms with Gasteiger partial charge in [-0.15, -0.1) is 0 Å². The predicted molar refractivity (Wildman–Crippen MR) is 62.1 cm³/mol. The molecule has 0 heterocycles. The van der Waals surface area contributed by atoms with E-state index in [2.05, 4.69) is 44.0 Å². The van der Waals surface area contributed by atoms with Gasteiger partial charge in [-0.1, -0.05) is 36.9 Å². The molecule has 0 aliphatic rings. The van der Waals surface area contributed by atoms with Crippen molar-refractivity contribution in [3.63, 3.8) is 0 Å². The maximum absolute atomic E-state index is 4.39. The van der Waals surface area contributed by atoms with Crippen LogP contribution < -0.4 is 0 Å². The van der Waals surface area contributed by atoms with Gasteiger partial charge in [-0.05, 0) is 11.1 Å². The first-order chi connectivity index (χ1) is 5.77. The summed E-state index contributed by atoms with van der Waals surface area (Å²) in [4.78, 5) is 0. The standard InChI is InChI=1S/C10H12S2/c1-2-8-4-3-5-9(6-8)10(12)7-11/h2-6,10-12H,1,7H2. The summed E-state index contributed by atoms with van der Waals surface area (Å²) >= 11 is 8.58. The smallest absolute Gasteiger partial charge is 0.0355 e. The van der Waals surface area contributed by atoms with E-state index in [1.807, 2.05) is 18.2 Å². The summed E-state index contributed by atoms with van der Waals surface area (Å²) in [6.45, 7) is 3.71. The molecule has 12 heavy (non-hydrogen) atoms. The number of hydrogen-bond donors (Lipinski definition) is 2. The van der Waals surface area contributed by atoms with Gasteiger partial charge in [-0.3, -0.25) is 0 Å². The minimum Gasteiger partial charge on any atom is -0.178 e. The second kappa shape index (κ2) is 4.63. The zero-order valence-corrected chi connectivity index (χ0v) is 8.56. The summed E-state index contributed by atoms with van der Waals surface area (Å²) in [7, 11) is 0. The van der Waals surface area contributed by atoms with Gasteiger partial charge in [0.15, 0.2) is 0 Å². The fourth-order valence-electron chi connectivity index (χ4n) is 0.999. The zero-order valence-electron chi connectivity index (χ0n) is 6.77. The Labute approximate surface area is 84.5 Å². The molecule has 0 saturated heterocycles. The van der Waals surface area contributed by atoms with E-state index in [1.165, 1.54) is 5.56 Å².